The van der Waals surface area contributed by atoms with Crippen LogP contribution >= 0.6 is 38.9 Å². The summed E-state index contributed by atoms with van der Waals surface area (Å²) >= 11 is 10.3. The lowest BCUT2D eigenvalue weighted by molar-refractivity contribution is 0.510. The number of benzene rings is 1. The van der Waals surface area contributed by atoms with E-state index in [9.17, 15) is 8.78 Å². The highest BCUT2D eigenvalue weighted by Gasteiger charge is 2.25. The molecule has 1 atom stereocenters. The predicted molar refractivity (Wildman–Crippen MR) is 72.6 cm³/mol. The monoisotopic (exact) mass is 352 g/mol. The zero-order valence-electron chi connectivity index (χ0n) is 8.88. The van der Waals surface area contributed by atoms with Crippen LogP contribution in [-0.4, -0.2) is 0 Å². The van der Waals surface area contributed by atoms with Crippen molar-refractivity contribution in [1.29, 1.82) is 0 Å². The molecule has 2 aromatic rings. The van der Waals surface area contributed by atoms with Gasteiger partial charge in [-0.05, 0) is 39.5 Å². The van der Waals surface area contributed by atoms with Gasteiger partial charge in [-0.25, -0.2) is 14.2 Å². The molecular weight excluding hydrogens is 346 g/mol. The summed E-state index contributed by atoms with van der Waals surface area (Å²) in [5.74, 6) is 4.03. The number of rotatable bonds is 3. The van der Waals surface area contributed by atoms with Gasteiger partial charge < -0.3 is 0 Å². The van der Waals surface area contributed by atoms with E-state index in [1.807, 2.05) is 0 Å². The van der Waals surface area contributed by atoms with Crippen LogP contribution in [0.3, 0.4) is 0 Å². The molecule has 1 aromatic carbocycles. The molecule has 0 aliphatic rings. The van der Waals surface area contributed by atoms with Gasteiger partial charge in [-0.2, -0.15) is 0 Å². The molecule has 0 amide bonds. The van der Waals surface area contributed by atoms with Crippen LogP contribution in [0.25, 0.3) is 0 Å². The second-order valence-electron chi connectivity index (χ2n) is 3.49. The van der Waals surface area contributed by atoms with Crippen LogP contribution in [0.5, 0.6) is 0 Å². The van der Waals surface area contributed by atoms with Gasteiger partial charge in [-0.3, -0.25) is 5.84 Å². The van der Waals surface area contributed by atoms with E-state index in [1.165, 1.54) is 23.5 Å². The minimum Gasteiger partial charge on any atom is -0.271 e. The Morgan fingerprint density at radius 2 is 2.06 bits per heavy atom. The van der Waals surface area contributed by atoms with Gasteiger partial charge in [0.2, 0.25) is 0 Å². The van der Waals surface area contributed by atoms with Crippen molar-refractivity contribution in [2.24, 2.45) is 5.84 Å². The molecular formula is C11H8BrClF2N2S. The van der Waals surface area contributed by atoms with Gasteiger partial charge in [-0.1, -0.05) is 11.6 Å². The lowest BCUT2D eigenvalue weighted by atomic mass is 10.0. The second kappa shape index (κ2) is 5.63. The third-order valence-corrected chi connectivity index (χ3v) is 4.48. The number of hydrogen-bond acceptors (Lipinski definition) is 3. The van der Waals surface area contributed by atoms with Crippen LogP contribution in [0, 0.1) is 11.6 Å². The Morgan fingerprint density at radius 1 is 1.33 bits per heavy atom. The standard InChI is InChI=1S/C11H8BrClF2N2S/c12-5-1-2-7(14)8(9(5)15)10(17-16)11-6(13)3-4-18-11/h1-4,10,17H,16H2. The normalized spacial score (nSPS) is 12.7. The van der Waals surface area contributed by atoms with Gasteiger partial charge in [0, 0.05) is 10.4 Å². The Labute approximate surface area is 120 Å². The second-order valence-corrected chi connectivity index (χ2v) is 5.70. The van der Waals surface area contributed by atoms with Crippen molar-refractivity contribution in [2.75, 3.05) is 0 Å². The number of halogens is 4. The lowest BCUT2D eigenvalue weighted by Crippen LogP contribution is -2.30. The Kier molecular flexibility index (Phi) is 4.34. The minimum atomic E-state index is -0.824. The summed E-state index contributed by atoms with van der Waals surface area (Å²) in [4.78, 5) is 0.565. The van der Waals surface area contributed by atoms with Gasteiger partial charge in [-0.15, -0.1) is 11.3 Å². The molecule has 2 rings (SSSR count). The summed E-state index contributed by atoms with van der Waals surface area (Å²) in [5, 5.41) is 2.15. The number of nitrogens with one attached hydrogen (secondary N) is 1. The van der Waals surface area contributed by atoms with E-state index in [0.29, 0.717) is 9.90 Å². The fourth-order valence-corrected chi connectivity index (χ4v) is 3.19. The Morgan fingerprint density at radius 3 is 2.61 bits per heavy atom. The number of thiophene rings is 1. The average Bonchev–Trinajstić information content (AvgIpc) is 2.76. The van der Waals surface area contributed by atoms with Gasteiger partial charge >= 0.3 is 0 Å². The van der Waals surface area contributed by atoms with E-state index in [-0.39, 0.29) is 10.0 Å². The predicted octanol–water partition coefficient (Wildman–Crippen LogP) is 3.99. The molecule has 7 heteroatoms. The molecule has 3 N–H and O–H groups in total. The fraction of sp³-hybridized carbons (Fsp3) is 0.0909. The maximum atomic E-state index is 14.0. The molecule has 0 spiro atoms. The summed E-state index contributed by atoms with van der Waals surface area (Å²) in [5.41, 5.74) is 2.24. The van der Waals surface area contributed by atoms with E-state index >= 15 is 0 Å². The van der Waals surface area contributed by atoms with Gasteiger partial charge in [0.05, 0.1) is 15.5 Å². The highest BCUT2D eigenvalue weighted by molar-refractivity contribution is 9.10. The van der Waals surface area contributed by atoms with Gasteiger partial charge in [0.25, 0.3) is 0 Å². The van der Waals surface area contributed by atoms with Crippen LogP contribution in [0.2, 0.25) is 5.02 Å². The maximum Gasteiger partial charge on any atom is 0.145 e. The zero-order chi connectivity index (χ0) is 13.3. The number of hydrazine groups is 1. The molecule has 0 saturated heterocycles. The van der Waals surface area contributed by atoms with Crippen molar-refractivity contribution in [2.45, 2.75) is 6.04 Å². The van der Waals surface area contributed by atoms with Crippen LogP contribution in [0.1, 0.15) is 16.5 Å². The summed E-state index contributed by atoms with van der Waals surface area (Å²) in [7, 11) is 0. The van der Waals surface area contributed by atoms with E-state index in [4.69, 9.17) is 17.4 Å². The molecule has 96 valence electrons. The average molecular weight is 354 g/mol. The molecule has 1 heterocycles. The van der Waals surface area contributed by atoms with Crippen molar-refractivity contribution in [1.82, 2.24) is 5.43 Å². The number of nitrogens with two attached hydrogens (primary N) is 1. The fourth-order valence-electron chi connectivity index (χ4n) is 1.61. The third-order valence-electron chi connectivity index (χ3n) is 2.44. The van der Waals surface area contributed by atoms with Crippen molar-refractivity contribution in [3.8, 4) is 0 Å². The quantitative estimate of drug-likeness (QED) is 0.497. The molecule has 1 aromatic heterocycles. The van der Waals surface area contributed by atoms with Crippen molar-refractivity contribution in [3.05, 3.63) is 55.1 Å². The molecule has 0 fully saturated rings. The topological polar surface area (TPSA) is 38.0 Å². The smallest absolute Gasteiger partial charge is 0.145 e. The van der Waals surface area contributed by atoms with Gasteiger partial charge in [0.15, 0.2) is 0 Å². The van der Waals surface area contributed by atoms with Crippen LogP contribution in [0.4, 0.5) is 8.78 Å². The van der Waals surface area contributed by atoms with Crippen LogP contribution in [0.15, 0.2) is 28.1 Å². The molecule has 0 bridgehead atoms. The summed E-state index contributed by atoms with van der Waals surface area (Å²) in [6.07, 6.45) is 0. The Hall–Kier alpha value is -0.530. The van der Waals surface area contributed by atoms with Gasteiger partial charge in [0.1, 0.15) is 11.6 Å². The largest absolute Gasteiger partial charge is 0.271 e. The van der Waals surface area contributed by atoms with E-state index in [0.717, 1.165) is 0 Å². The summed E-state index contributed by atoms with van der Waals surface area (Å²) in [6.45, 7) is 0. The minimum absolute atomic E-state index is 0.156. The van der Waals surface area contributed by atoms with Crippen LogP contribution in [-0.2, 0) is 0 Å². The molecule has 2 nitrogen and oxygen atoms in total. The summed E-state index contributed by atoms with van der Waals surface area (Å²) < 4.78 is 28.0. The first-order valence-corrected chi connectivity index (χ1v) is 6.93. The van der Waals surface area contributed by atoms with Crippen LogP contribution < -0.4 is 11.3 Å². The summed E-state index contributed by atoms with van der Waals surface area (Å²) in [6, 6.07) is 3.31. The maximum absolute atomic E-state index is 14.0. The molecule has 0 aliphatic carbocycles. The molecule has 18 heavy (non-hydrogen) atoms. The van der Waals surface area contributed by atoms with Crippen molar-refractivity contribution >= 4 is 38.9 Å². The highest BCUT2D eigenvalue weighted by Crippen LogP contribution is 2.36. The number of hydrogen-bond donors (Lipinski definition) is 2. The molecule has 0 saturated carbocycles. The van der Waals surface area contributed by atoms with Crippen molar-refractivity contribution in [3.63, 3.8) is 0 Å². The first-order valence-electron chi connectivity index (χ1n) is 4.88. The van der Waals surface area contributed by atoms with E-state index < -0.39 is 17.7 Å². The lowest BCUT2D eigenvalue weighted by Gasteiger charge is -2.17. The SMILES string of the molecule is NNC(c1sccc1Cl)c1c(F)ccc(Br)c1F. The first kappa shape index (κ1) is 13.9. The first-order chi connectivity index (χ1) is 8.56. The highest BCUT2D eigenvalue weighted by atomic mass is 79.9. The molecule has 0 aliphatic heterocycles. The molecule has 0 radical (unpaired) electrons. The third kappa shape index (κ3) is 2.44. The van der Waals surface area contributed by atoms with E-state index in [2.05, 4.69) is 21.4 Å². The Balaban J connectivity index is 2.59. The Bertz CT molecular complexity index is 576. The molecule has 1 unspecified atom stereocenters. The zero-order valence-corrected chi connectivity index (χ0v) is 12.0. The van der Waals surface area contributed by atoms with E-state index in [1.54, 1.807) is 11.4 Å². The van der Waals surface area contributed by atoms with Crippen molar-refractivity contribution < 1.29 is 8.78 Å².